The molecule has 3 aromatic heterocycles. The number of benzene rings is 3. The molecule has 4 aliphatic rings. The second kappa shape index (κ2) is 18.9. The van der Waals surface area contributed by atoms with Crippen LogP contribution in [0.2, 0.25) is 0 Å². The molecule has 5 atom stereocenters. The number of aromatic amines is 2. The number of H-pyrrole nitrogens is 2. The zero-order chi connectivity index (χ0) is 47.1. The number of ether oxygens (including phenoxy) is 4. The van der Waals surface area contributed by atoms with Gasteiger partial charge in [0.05, 0.1) is 61.3 Å². The first-order valence-corrected chi connectivity index (χ1v) is 23.6. The average Bonchev–Trinajstić information content (AvgIpc) is 4.24. The highest BCUT2D eigenvalue weighted by Crippen LogP contribution is 2.46. The van der Waals surface area contributed by atoms with Crippen molar-refractivity contribution in [2.75, 3.05) is 40.5 Å². The molecule has 17 heteroatoms. The van der Waals surface area contributed by atoms with Crippen LogP contribution < -0.4 is 15.4 Å². The molecule has 4 N–H and O–H groups in total. The van der Waals surface area contributed by atoms with Crippen LogP contribution in [0.15, 0.2) is 85.2 Å². The Morgan fingerprint density at radius 3 is 2.00 bits per heavy atom. The lowest BCUT2D eigenvalue weighted by Gasteiger charge is -2.34. The number of likely N-dealkylation sites (tertiary alicyclic amines) is 2. The highest BCUT2D eigenvalue weighted by atomic mass is 16.5. The number of imidazole rings is 2. The number of rotatable bonds is 11. The first-order valence-electron chi connectivity index (χ1n) is 23.6. The minimum Gasteiger partial charge on any atom is -0.465 e. The van der Waals surface area contributed by atoms with Gasteiger partial charge in [0, 0.05) is 53.9 Å². The fourth-order valence-electron chi connectivity index (χ4n) is 10.5. The quantitative estimate of drug-likeness (QED) is 0.0992. The maximum Gasteiger partial charge on any atom is 0.407 e. The maximum absolute atomic E-state index is 14.2. The van der Waals surface area contributed by atoms with Gasteiger partial charge >= 0.3 is 12.2 Å². The molecule has 0 bridgehead atoms. The van der Waals surface area contributed by atoms with Crippen LogP contribution in [0.25, 0.3) is 44.7 Å². The Balaban J connectivity index is 0.925. The van der Waals surface area contributed by atoms with E-state index < -0.39 is 30.5 Å². The molecule has 0 radical (unpaired) electrons. The third kappa shape index (κ3) is 8.43. The molecule has 3 saturated heterocycles. The fourth-order valence-corrected chi connectivity index (χ4v) is 10.5. The topological polar surface area (TPSA) is 198 Å². The summed E-state index contributed by atoms with van der Waals surface area (Å²) in [4.78, 5) is 72.9. The van der Waals surface area contributed by atoms with E-state index >= 15 is 0 Å². The van der Waals surface area contributed by atoms with Crippen molar-refractivity contribution in [3.05, 3.63) is 102 Å². The summed E-state index contributed by atoms with van der Waals surface area (Å²) in [6.07, 6.45) is 6.41. The largest absolute Gasteiger partial charge is 0.465 e. The molecule has 3 aromatic carbocycles. The van der Waals surface area contributed by atoms with Crippen molar-refractivity contribution in [2.24, 2.45) is 11.8 Å². The van der Waals surface area contributed by atoms with E-state index in [0.717, 1.165) is 81.7 Å². The summed E-state index contributed by atoms with van der Waals surface area (Å²) in [6.45, 7) is 6.03. The molecule has 68 heavy (non-hydrogen) atoms. The molecule has 354 valence electrons. The number of nitrogens with one attached hydrogen (secondary N) is 4. The Hall–Kier alpha value is -7.14. The van der Waals surface area contributed by atoms with Crippen LogP contribution >= 0.6 is 0 Å². The van der Waals surface area contributed by atoms with Crippen LogP contribution in [-0.4, -0.2) is 111 Å². The number of aromatic nitrogens is 5. The number of hydrogen-bond acceptors (Lipinski definition) is 10. The van der Waals surface area contributed by atoms with Crippen molar-refractivity contribution in [3.63, 3.8) is 0 Å². The van der Waals surface area contributed by atoms with Crippen LogP contribution in [0.1, 0.15) is 87.9 Å². The van der Waals surface area contributed by atoms with Gasteiger partial charge in [0.15, 0.2) is 0 Å². The molecule has 4 amide bonds. The first kappa shape index (κ1) is 44.7. The van der Waals surface area contributed by atoms with Crippen molar-refractivity contribution in [3.8, 4) is 39.5 Å². The molecule has 17 nitrogen and oxygen atoms in total. The van der Waals surface area contributed by atoms with E-state index in [9.17, 15) is 19.2 Å². The number of alkyl carbamates (subject to hydrolysis) is 2. The lowest BCUT2D eigenvalue weighted by Crippen LogP contribution is -2.53. The Kier molecular flexibility index (Phi) is 12.4. The van der Waals surface area contributed by atoms with E-state index in [1.165, 1.54) is 14.2 Å². The van der Waals surface area contributed by atoms with Gasteiger partial charge in [0.2, 0.25) is 18.0 Å². The van der Waals surface area contributed by atoms with Gasteiger partial charge in [-0.25, -0.2) is 19.6 Å². The number of nitrogens with zero attached hydrogens (tertiary/aromatic N) is 5. The van der Waals surface area contributed by atoms with Gasteiger partial charge in [-0.05, 0) is 80.7 Å². The molecule has 4 aliphatic heterocycles. The minimum absolute atomic E-state index is 0.0547. The van der Waals surface area contributed by atoms with Crippen LogP contribution in [0.5, 0.6) is 5.75 Å². The van der Waals surface area contributed by atoms with Gasteiger partial charge in [-0.3, -0.25) is 9.59 Å². The van der Waals surface area contributed by atoms with Crippen molar-refractivity contribution < 1.29 is 38.1 Å². The highest BCUT2D eigenvalue weighted by molar-refractivity contribution is 5.93. The van der Waals surface area contributed by atoms with Crippen LogP contribution in [0.4, 0.5) is 9.59 Å². The fraction of sp³-hybridized carbons (Fsp3) is 0.412. The van der Waals surface area contributed by atoms with E-state index in [1.54, 1.807) is 0 Å². The highest BCUT2D eigenvalue weighted by Gasteiger charge is 2.41. The summed E-state index contributed by atoms with van der Waals surface area (Å²) in [5.41, 5.74) is 7.43. The van der Waals surface area contributed by atoms with Gasteiger partial charge in [0.25, 0.3) is 0 Å². The molecule has 0 aliphatic carbocycles. The zero-order valence-electron chi connectivity index (χ0n) is 38.7. The first-order chi connectivity index (χ1) is 33.1. The van der Waals surface area contributed by atoms with Gasteiger partial charge in [-0.2, -0.15) is 0 Å². The van der Waals surface area contributed by atoms with Gasteiger partial charge in [-0.15, -0.1) is 0 Å². The summed E-state index contributed by atoms with van der Waals surface area (Å²) in [5.74, 6) is 1.65. The molecule has 7 heterocycles. The lowest BCUT2D eigenvalue weighted by molar-refractivity contribution is -0.137. The second-order valence-electron chi connectivity index (χ2n) is 18.4. The lowest BCUT2D eigenvalue weighted by atomic mass is 9.90. The Morgan fingerprint density at radius 1 is 0.735 bits per heavy atom. The van der Waals surface area contributed by atoms with Crippen molar-refractivity contribution >= 4 is 34.9 Å². The van der Waals surface area contributed by atoms with E-state index in [-0.39, 0.29) is 35.7 Å². The average molecular weight is 924 g/mol. The predicted molar refractivity (Wildman–Crippen MR) is 252 cm³/mol. The molecule has 0 unspecified atom stereocenters. The summed E-state index contributed by atoms with van der Waals surface area (Å²) < 4.78 is 24.5. The zero-order valence-corrected chi connectivity index (χ0v) is 38.7. The number of fused-ring (bicyclic) bond motifs is 5. The van der Waals surface area contributed by atoms with E-state index in [1.807, 2.05) is 60.3 Å². The Morgan fingerprint density at radius 2 is 1.35 bits per heavy atom. The van der Waals surface area contributed by atoms with Crippen molar-refractivity contribution in [2.45, 2.75) is 82.8 Å². The molecule has 0 saturated carbocycles. The van der Waals surface area contributed by atoms with E-state index in [0.29, 0.717) is 50.8 Å². The number of amides is 4. The summed E-state index contributed by atoms with van der Waals surface area (Å²) in [5, 5.41) is 6.58. The SMILES string of the molecule is COC(=O)N[C@H](C(=O)N1CCC[C@H]1c1ncc(-c2ccc3c(c2)cc2n3[C@H](c3ccccc3)Oc3cc(-c4cnc([C@@H]5CCCN5C(=O)[C@@H](NC(=O)OC)C5CCOCC5)[nH]4)ccc3-2)[nH]1)C(C)C. The molecular weight excluding hydrogens is 867 g/mol. The maximum atomic E-state index is 14.2. The molecule has 6 aromatic rings. The van der Waals surface area contributed by atoms with Crippen molar-refractivity contribution in [1.82, 2.24) is 44.9 Å². The minimum atomic E-state index is -0.716. The third-order valence-corrected chi connectivity index (χ3v) is 14.0. The molecule has 10 rings (SSSR count). The predicted octanol–water partition coefficient (Wildman–Crippen LogP) is 7.89. The molecule has 0 spiro atoms. The smallest absolute Gasteiger partial charge is 0.407 e. The Bertz CT molecular complexity index is 2830. The van der Waals surface area contributed by atoms with Gasteiger partial charge < -0.3 is 53.9 Å². The van der Waals surface area contributed by atoms with Gasteiger partial charge in [-0.1, -0.05) is 56.3 Å². The van der Waals surface area contributed by atoms with Crippen LogP contribution in [0.3, 0.4) is 0 Å². The Labute approximate surface area is 393 Å². The van der Waals surface area contributed by atoms with Crippen LogP contribution in [0, 0.1) is 11.8 Å². The number of hydrogen-bond donors (Lipinski definition) is 4. The normalized spacial score (nSPS) is 20.1. The van der Waals surface area contributed by atoms with E-state index in [4.69, 9.17) is 28.9 Å². The van der Waals surface area contributed by atoms with Crippen LogP contribution in [-0.2, 0) is 23.8 Å². The monoisotopic (exact) mass is 923 g/mol. The summed E-state index contributed by atoms with van der Waals surface area (Å²) >= 11 is 0. The molecule has 3 fully saturated rings. The standard InChI is InChI=1S/C51H57N9O8/c1-29(2)43(56-50(63)65-3)47(61)58-20-8-12-39(58)45-52-27-36(54-45)32-15-17-38-34(24-32)25-41-35-16-14-33(26-42(35)68-49(60(38)41)31-10-6-5-7-11-31)37-28-53-46(55-37)40-13-9-21-59(40)48(62)44(57-51(64)66-4)30-18-22-67-23-19-30/h5-7,10-11,14-17,24-30,39-40,43-44,49H,8-9,12-13,18-23H2,1-4H3,(H,52,54)(H,53,55)(H,56,63)(H,57,64)/t39-,40-,43-,44-,49-/m0/s1. The number of methoxy groups -OCH3 is 2. The number of carbonyl (C=O) groups is 4. The van der Waals surface area contributed by atoms with Gasteiger partial charge in [0.1, 0.15) is 29.5 Å². The van der Waals surface area contributed by atoms with E-state index in [2.05, 4.69) is 73.7 Å². The van der Waals surface area contributed by atoms with Crippen molar-refractivity contribution in [1.29, 1.82) is 0 Å². The number of carbonyl (C=O) groups excluding carboxylic acids is 4. The third-order valence-electron chi connectivity index (χ3n) is 14.0. The molecular formula is C51H57N9O8. The summed E-state index contributed by atoms with van der Waals surface area (Å²) in [6, 6.07) is 23.0. The second-order valence-corrected chi connectivity index (χ2v) is 18.4. The summed E-state index contributed by atoms with van der Waals surface area (Å²) in [7, 11) is 2.60.